The molecule has 4 heteroatoms. The van der Waals surface area contributed by atoms with Gasteiger partial charge in [0.15, 0.2) is 0 Å². The van der Waals surface area contributed by atoms with Crippen LogP contribution in [0, 0.1) is 0 Å². The Morgan fingerprint density at radius 2 is 0.309 bits per heavy atom. The molecule has 0 radical (unpaired) electrons. The van der Waals surface area contributed by atoms with Crippen molar-refractivity contribution in [3.05, 3.63) is 0 Å². The van der Waals surface area contributed by atoms with Crippen molar-refractivity contribution in [3.8, 4) is 0 Å². The second-order valence-electron chi connectivity index (χ2n) is 22.9. The number of halogens is 2. The average Bonchev–Trinajstić information content (AvgIpc) is 3.32. The van der Waals surface area contributed by atoms with Crippen LogP contribution in [-0.2, 0) is 0 Å². The van der Waals surface area contributed by atoms with Crippen LogP contribution < -0.4 is 24.8 Å². The lowest BCUT2D eigenvalue weighted by Crippen LogP contribution is -3.00. The quantitative estimate of drug-likeness (QED) is 0.0421. The molecule has 0 amide bonds. The molecule has 2 nitrogen and oxygen atoms in total. The molecule has 416 valence electrons. The van der Waals surface area contributed by atoms with Crippen LogP contribution in [0.5, 0.6) is 0 Å². The van der Waals surface area contributed by atoms with Gasteiger partial charge in [-0.25, -0.2) is 0 Å². The van der Waals surface area contributed by atoms with E-state index >= 15 is 0 Å². The highest BCUT2D eigenvalue weighted by Gasteiger charge is 2.25. The molecule has 0 heterocycles. The minimum Gasteiger partial charge on any atom is -1.00 e. The van der Waals surface area contributed by atoms with E-state index in [4.69, 9.17) is 0 Å². The van der Waals surface area contributed by atoms with Gasteiger partial charge in [0.25, 0.3) is 0 Å². The molecule has 0 aromatic heterocycles. The maximum Gasteiger partial charge on any atom is 0.0786 e. The third kappa shape index (κ3) is 57.4. The molecular weight excluding hydrogens is 868 g/mol. The standard InChI is InChI=1S/C37H78N.C27H58N.2ClH/c1-5-8-11-14-17-20-23-26-29-32-35-38(4,36-33-30-27-24-21-18-15-12-9-6-2)37-34-31-28-25-22-19-16-13-10-7-3;1-5-9-12-15-18-21-25-28(24-8-4,26-22-19-16-13-10-6-2)27-23-20-17-14-11-7-3;;/h5-37H2,1-4H3;5-27H2,1-4H3;2*1H/q2*+1;;/p-2. The van der Waals surface area contributed by atoms with Gasteiger partial charge in [-0.3, -0.25) is 0 Å². The molecule has 0 fully saturated rings. The van der Waals surface area contributed by atoms with Crippen molar-refractivity contribution >= 4 is 0 Å². The lowest BCUT2D eigenvalue weighted by atomic mass is 10.0. The van der Waals surface area contributed by atoms with Crippen molar-refractivity contribution in [1.82, 2.24) is 0 Å². The normalized spacial score (nSPS) is 11.6. The van der Waals surface area contributed by atoms with Crippen molar-refractivity contribution in [2.24, 2.45) is 0 Å². The molecule has 0 aliphatic rings. The zero-order valence-corrected chi connectivity index (χ0v) is 50.8. The van der Waals surface area contributed by atoms with Crippen molar-refractivity contribution in [2.45, 2.75) is 363 Å². The zero-order valence-electron chi connectivity index (χ0n) is 49.2. The molecule has 0 saturated carbocycles. The molecule has 0 N–H and O–H groups in total. The number of nitrogens with zero attached hydrogens (tertiary/aromatic N) is 2. The van der Waals surface area contributed by atoms with E-state index in [-0.39, 0.29) is 24.8 Å². The first-order valence-electron chi connectivity index (χ1n) is 32.1. The third-order valence-electron chi connectivity index (χ3n) is 15.8. The summed E-state index contributed by atoms with van der Waals surface area (Å²) >= 11 is 0. The van der Waals surface area contributed by atoms with Gasteiger partial charge in [0.1, 0.15) is 0 Å². The van der Waals surface area contributed by atoms with Crippen molar-refractivity contribution in [3.63, 3.8) is 0 Å². The highest BCUT2D eigenvalue weighted by molar-refractivity contribution is 4.56. The molecular formula is C64H136Cl2N2. The summed E-state index contributed by atoms with van der Waals surface area (Å²) in [6.07, 6.45) is 71.1. The molecule has 0 aromatic carbocycles. The monoisotopic (exact) mass is 1000 g/mol. The number of hydrogen-bond acceptors (Lipinski definition) is 0. The topological polar surface area (TPSA) is 0 Å². The second-order valence-corrected chi connectivity index (χ2v) is 22.9. The Labute approximate surface area is 447 Å². The highest BCUT2D eigenvalue weighted by Crippen LogP contribution is 2.21. The van der Waals surface area contributed by atoms with E-state index in [1.165, 1.54) is 369 Å². The summed E-state index contributed by atoms with van der Waals surface area (Å²) in [6, 6.07) is 0. The van der Waals surface area contributed by atoms with Crippen LogP contribution in [-0.4, -0.2) is 61.8 Å². The van der Waals surface area contributed by atoms with Crippen LogP contribution in [0.3, 0.4) is 0 Å². The first kappa shape index (κ1) is 75.0. The Morgan fingerprint density at radius 1 is 0.162 bits per heavy atom. The first-order chi connectivity index (χ1) is 32.4. The summed E-state index contributed by atoms with van der Waals surface area (Å²) in [5.41, 5.74) is 0. The predicted molar refractivity (Wildman–Crippen MR) is 306 cm³/mol. The lowest BCUT2D eigenvalue weighted by molar-refractivity contribution is -0.929. The molecule has 68 heavy (non-hydrogen) atoms. The highest BCUT2D eigenvalue weighted by atomic mass is 35.5. The van der Waals surface area contributed by atoms with E-state index in [0.717, 1.165) is 0 Å². The molecule has 0 spiro atoms. The van der Waals surface area contributed by atoms with Crippen LogP contribution in [0.25, 0.3) is 0 Å². The molecule has 0 bridgehead atoms. The van der Waals surface area contributed by atoms with E-state index in [1.807, 2.05) is 0 Å². The third-order valence-corrected chi connectivity index (χ3v) is 15.8. The number of rotatable bonds is 56. The molecule has 0 aliphatic carbocycles. The zero-order chi connectivity index (χ0) is 48.6. The van der Waals surface area contributed by atoms with Gasteiger partial charge in [-0.15, -0.1) is 0 Å². The van der Waals surface area contributed by atoms with Gasteiger partial charge < -0.3 is 33.8 Å². The van der Waals surface area contributed by atoms with E-state index in [2.05, 4.69) is 55.5 Å². The number of unbranched alkanes of at least 4 members (excludes halogenated alkanes) is 42. The minimum atomic E-state index is 0. The molecule has 0 unspecified atom stereocenters. The van der Waals surface area contributed by atoms with Gasteiger partial charge in [0.2, 0.25) is 0 Å². The summed E-state index contributed by atoms with van der Waals surface area (Å²) in [5.74, 6) is 0. The molecule has 0 rings (SSSR count). The number of hydrogen-bond donors (Lipinski definition) is 0. The largest absolute Gasteiger partial charge is 1.00 e. The van der Waals surface area contributed by atoms with E-state index < -0.39 is 0 Å². The predicted octanol–water partition coefficient (Wildman–Crippen LogP) is 16.5. The van der Waals surface area contributed by atoms with Crippen LogP contribution in [0.4, 0.5) is 0 Å². The second kappa shape index (κ2) is 63.6. The fourth-order valence-corrected chi connectivity index (χ4v) is 11.1. The van der Waals surface area contributed by atoms with E-state index in [9.17, 15) is 0 Å². The van der Waals surface area contributed by atoms with E-state index in [1.54, 1.807) is 0 Å². The lowest BCUT2D eigenvalue weighted by Gasteiger charge is -2.39. The first-order valence-corrected chi connectivity index (χ1v) is 32.1. The van der Waals surface area contributed by atoms with Gasteiger partial charge in [0.05, 0.1) is 52.9 Å². The van der Waals surface area contributed by atoms with Gasteiger partial charge >= 0.3 is 0 Å². The smallest absolute Gasteiger partial charge is 0.0786 e. The van der Waals surface area contributed by atoms with Crippen LogP contribution in [0.15, 0.2) is 0 Å². The van der Waals surface area contributed by atoms with Gasteiger partial charge in [-0.1, -0.05) is 280 Å². The van der Waals surface area contributed by atoms with Gasteiger partial charge in [0, 0.05) is 0 Å². The summed E-state index contributed by atoms with van der Waals surface area (Å²) < 4.78 is 2.82. The Balaban J connectivity index is -0.000000611. The Hall–Kier alpha value is 0.500. The molecule has 0 aliphatic heterocycles. The maximum absolute atomic E-state index is 2.61. The molecule has 0 atom stereocenters. The summed E-state index contributed by atoms with van der Waals surface area (Å²) in [4.78, 5) is 0. The maximum atomic E-state index is 2.61. The van der Waals surface area contributed by atoms with Crippen LogP contribution in [0.2, 0.25) is 0 Å². The Morgan fingerprint density at radius 3 is 0.471 bits per heavy atom. The van der Waals surface area contributed by atoms with Crippen LogP contribution >= 0.6 is 0 Å². The fraction of sp³-hybridized carbons (Fsp3) is 1.00. The number of quaternary nitrogens is 2. The summed E-state index contributed by atoms with van der Waals surface area (Å²) in [5, 5.41) is 0. The Bertz CT molecular complexity index is 749. The van der Waals surface area contributed by atoms with Crippen molar-refractivity contribution in [2.75, 3.05) is 52.9 Å². The summed E-state index contributed by atoms with van der Waals surface area (Å²) in [6.45, 7) is 26.5. The van der Waals surface area contributed by atoms with Crippen molar-refractivity contribution < 1.29 is 33.8 Å². The fourth-order valence-electron chi connectivity index (χ4n) is 11.1. The van der Waals surface area contributed by atoms with Gasteiger partial charge in [-0.2, -0.15) is 0 Å². The molecule has 0 saturated heterocycles. The van der Waals surface area contributed by atoms with Crippen LogP contribution in [0.1, 0.15) is 363 Å². The SMILES string of the molecule is CCCCCCCCCCCC[N+](C)(CCCCCCCCCCCC)CCCCCCCCCCCC.CCCCCCCC[N+](CCC)(CCCCCCCC)CCCCCCCC.[Cl-].[Cl-]. The summed E-state index contributed by atoms with van der Waals surface area (Å²) in [7, 11) is 2.61. The van der Waals surface area contributed by atoms with E-state index in [0.29, 0.717) is 0 Å². The minimum absolute atomic E-state index is 0. The molecule has 0 aromatic rings. The average molecular weight is 1000 g/mol. The van der Waals surface area contributed by atoms with Crippen molar-refractivity contribution in [1.29, 1.82) is 0 Å². The van der Waals surface area contributed by atoms with Gasteiger partial charge in [-0.05, 0) is 83.5 Å². The Kier molecular flexibility index (Phi) is 70.2.